The van der Waals surface area contributed by atoms with Crippen LogP contribution in [0.25, 0.3) is 75.9 Å². The summed E-state index contributed by atoms with van der Waals surface area (Å²) in [6, 6.07) is 44.1. The zero-order valence-electron chi connectivity index (χ0n) is 20.9. The first-order valence-corrected chi connectivity index (χ1v) is 13.8. The Labute approximate surface area is 229 Å². The van der Waals surface area contributed by atoms with E-state index in [-0.39, 0.29) is 0 Å². The van der Waals surface area contributed by atoms with Gasteiger partial charge in [-0.1, -0.05) is 109 Å². The van der Waals surface area contributed by atoms with Crippen LogP contribution < -0.4 is 0 Å². The van der Waals surface area contributed by atoms with Crippen LogP contribution in [0.4, 0.5) is 0 Å². The van der Waals surface area contributed by atoms with E-state index in [1.807, 2.05) is 47.7 Å². The largest absolute Gasteiger partial charge is 0.245 e. The van der Waals surface area contributed by atoms with Gasteiger partial charge in [0.25, 0.3) is 0 Å². The van der Waals surface area contributed by atoms with Gasteiger partial charge in [-0.2, -0.15) is 0 Å². The molecule has 0 radical (unpaired) electrons. The Balaban J connectivity index is 1.49. The number of rotatable bonds is 3. The van der Waals surface area contributed by atoms with Gasteiger partial charge in [-0.15, -0.1) is 11.3 Å². The Kier molecular flexibility index (Phi) is 5.00. The second kappa shape index (κ2) is 8.83. The predicted octanol–water partition coefficient (Wildman–Crippen LogP) is 9.55. The molecule has 0 saturated carbocycles. The van der Waals surface area contributed by atoms with Gasteiger partial charge in [-0.25, -0.2) is 15.0 Å². The molecule has 4 heteroatoms. The maximum atomic E-state index is 5.22. The standard InChI is InChI=1S/C35H21N3S/c1-3-11-22(12-4-1)29-21-30(38-35(37-29)23-13-5-2-6-14-23)33-27-20-19-25-24-15-8-10-18-31(24)39-34(25)32(27)26-16-7-9-17-28(26)36-33/h1-21H. The zero-order chi connectivity index (χ0) is 25.8. The number of pyridine rings is 1. The zero-order valence-corrected chi connectivity index (χ0v) is 21.7. The minimum Gasteiger partial charge on any atom is -0.245 e. The van der Waals surface area contributed by atoms with Crippen LogP contribution >= 0.6 is 11.3 Å². The van der Waals surface area contributed by atoms with Crippen molar-refractivity contribution in [1.29, 1.82) is 0 Å². The summed E-state index contributed by atoms with van der Waals surface area (Å²) in [6.07, 6.45) is 0. The molecular formula is C35H21N3S. The molecule has 0 N–H and O–H groups in total. The summed E-state index contributed by atoms with van der Waals surface area (Å²) in [5, 5.41) is 6.07. The highest BCUT2D eigenvalue weighted by Crippen LogP contribution is 2.43. The van der Waals surface area contributed by atoms with Crippen molar-refractivity contribution in [3.63, 3.8) is 0 Å². The van der Waals surface area contributed by atoms with E-state index in [0.29, 0.717) is 5.82 Å². The number of thiophene rings is 1. The average molecular weight is 516 g/mol. The number of nitrogens with zero attached hydrogens (tertiary/aromatic N) is 3. The molecule has 0 bridgehead atoms. The van der Waals surface area contributed by atoms with Crippen LogP contribution in [0.5, 0.6) is 0 Å². The minimum atomic E-state index is 0.693. The van der Waals surface area contributed by atoms with Crippen molar-refractivity contribution in [2.75, 3.05) is 0 Å². The monoisotopic (exact) mass is 515 g/mol. The second-order valence-electron chi connectivity index (χ2n) is 9.63. The molecule has 0 aliphatic rings. The number of hydrogen-bond acceptors (Lipinski definition) is 4. The molecule has 0 spiro atoms. The number of hydrogen-bond donors (Lipinski definition) is 0. The number of aromatic nitrogens is 3. The van der Waals surface area contributed by atoms with E-state index in [1.54, 1.807) is 0 Å². The first kappa shape index (κ1) is 22.1. The molecule has 0 unspecified atom stereocenters. The van der Waals surface area contributed by atoms with Crippen LogP contribution in [0.2, 0.25) is 0 Å². The lowest BCUT2D eigenvalue weighted by Gasteiger charge is -2.13. The SMILES string of the molecule is c1ccc(-c2cc(-c3nc4ccccc4c4c3ccc3c5ccccc5sc34)nc(-c3ccccc3)n2)cc1. The van der Waals surface area contributed by atoms with E-state index in [0.717, 1.165) is 44.5 Å². The molecule has 0 aliphatic carbocycles. The highest BCUT2D eigenvalue weighted by atomic mass is 32.1. The fourth-order valence-corrected chi connectivity index (χ4v) is 6.72. The Bertz CT molecular complexity index is 2110. The third kappa shape index (κ3) is 3.61. The van der Waals surface area contributed by atoms with E-state index in [9.17, 15) is 0 Å². The van der Waals surface area contributed by atoms with Gasteiger partial charge >= 0.3 is 0 Å². The van der Waals surface area contributed by atoms with Gasteiger partial charge in [0.1, 0.15) is 0 Å². The molecule has 39 heavy (non-hydrogen) atoms. The van der Waals surface area contributed by atoms with Crippen LogP contribution in [-0.4, -0.2) is 15.0 Å². The van der Waals surface area contributed by atoms with Gasteiger partial charge in [0.05, 0.1) is 22.6 Å². The van der Waals surface area contributed by atoms with Crippen LogP contribution in [0.1, 0.15) is 0 Å². The van der Waals surface area contributed by atoms with Gasteiger partial charge < -0.3 is 0 Å². The molecule has 0 saturated heterocycles. The lowest BCUT2D eigenvalue weighted by atomic mass is 9.99. The summed E-state index contributed by atoms with van der Waals surface area (Å²) in [4.78, 5) is 15.3. The molecule has 0 aliphatic heterocycles. The summed E-state index contributed by atoms with van der Waals surface area (Å²) in [5.41, 5.74) is 5.57. The van der Waals surface area contributed by atoms with Gasteiger partial charge in [0.2, 0.25) is 0 Å². The van der Waals surface area contributed by atoms with E-state index in [4.69, 9.17) is 15.0 Å². The second-order valence-corrected chi connectivity index (χ2v) is 10.7. The quantitative estimate of drug-likeness (QED) is 0.220. The topological polar surface area (TPSA) is 38.7 Å². The summed E-state index contributed by atoms with van der Waals surface area (Å²) in [6.45, 7) is 0. The molecule has 8 rings (SSSR count). The van der Waals surface area contributed by atoms with Crippen molar-refractivity contribution in [2.45, 2.75) is 0 Å². The average Bonchev–Trinajstić information content (AvgIpc) is 3.40. The van der Waals surface area contributed by atoms with E-state index < -0.39 is 0 Å². The van der Waals surface area contributed by atoms with E-state index >= 15 is 0 Å². The van der Waals surface area contributed by atoms with Crippen LogP contribution in [0.15, 0.2) is 127 Å². The van der Waals surface area contributed by atoms with Gasteiger partial charge in [0.15, 0.2) is 5.82 Å². The fraction of sp³-hybridized carbons (Fsp3) is 0. The lowest BCUT2D eigenvalue weighted by molar-refractivity contribution is 1.17. The molecule has 182 valence electrons. The predicted molar refractivity (Wildman–Crippen MR) is 164 cm³/mol. The Morgan fingerprint density at radius 3 is 1.92 bits per heavy atom. The van der Waals surface area contributed by atoms with Crippen LogP contribution in [-0.2, 0) is 0 Å². The third-order valence-corrected chi connectivity index (χ3v) is 8.48. The minimum absolute atomic E-state index is 0.693. The molecule has 3 aromatic heterocycles. The Morgan fingerprint density at radius 2 is 1.10 bits per heavy atom. The van der Waals surface area contributed by atoms with Crippen molar-refractivity contribution >= 4 is 53.2 Å². The van der Waals surface area contributed by atoms with Crippen molar-refractivity contribution in [3.8, 4) is 34.0 Å². The van der Waals surface area contributed by atoms with Crippen LogP contribution in [0, 0.1) is 0 Å². The van der Waals surface area contributed by atoms with Crippen LogP contribution in [0.3, 0.4) is 0 Å². The summed E-state index contributed by atoms with van der Waals surface area (Å²) >= 11 is 1.85. The third-order valence-electron chi connectivity index (χ3n) is 7.28. The molecule has 0 fully saturated rings. The van der Waals surface area contributed by atoms with E-state index in [1.165, 1.54) is 25.6 Å². The number of benzene rings is 5. The van der Waals surface area contributed by atoms with E-state index in [2.05, 4.69) is 91.0 Å². The highest BCUT2D eigenvalue weighted by molar-refractivity contribution is 7.26. The smallest absolute Gasteiger partial charge is 0.160 e. The molecule has 5 aromatic carbocycles. The normalized spacial score (nSPS) is 11.6. The number of para-hydroxylation sites is 1. The molecular weight excluding hydrogens is 494 g/mol. The number of fused-ring (bicyclic) bond motifs is 7. The Hall–Kier alpha value is -4.93. The van der Waals surface area contributed by atoms with Gasteiger partial charge in [-0.3, -0.25) is 0 Å². The maximum absolute atomic E-state index is 5.22. The molecule has 3 heterocycles. The van der Waals surface area contributed by atoms with Crippen molar-refractivity contribution in [2.24, 2.45) is 0 Å². The van der Waals surface area contributed by atoms with Gasteiger partial charge in [-0.05, 0) is 18.2 Å². The summed E-state index contributed by atoms with van der Waals surface area (Å²) < 4.78 is 2.58. The summed E-state index contributed by atoms with van der Waals surface area (Å²) in [7, 11) is 0. The van der Waals surface area contributed by atoms with Crippen molar-refractivity contribution < 1.29 is 0 Å². The fourth-order valence-electron chi connectivity index (χ4n) is 5.45. The molecule has 0 amide bonds. The molecule has 8 aromatic rings. The van der Waals surface area contributed by atoms with Crippen molar-refractivity contribution in [3.05, 3.63) is 127 Å². The highest BCUT2D eigenvalue weighted by Gasteiger charge is 2.18. The van der Waals surface area contributed by atoms with Gasteiger partial charge in [0, 0.05) is 47.5 Å². The Morgan fingerprint density at radius 1 is 0.462 bits per heavy atom. The summed E-state index contributed by atoms with van der Waals surface area (Å²) in [5.74, 6) is 0.693. The maximum Gasteiger partial charge on any atom is 0.160 e. The molecule has 0 atom stereocenters. The molecule has 3 nitrogen and oxygen atoms in total. The lowest BCUT2D eigenvalue weighted by Crippen LogP contribution is -1.98. The first-order chi connectivity index (χ1) is 19.3. The first-order valence-electron chi connectivity index (χ1n) is 13.0. The van der Waals surface area contributed by atoms with Crippen molar-refractivity contribution in [1.82, 2.24) is 15.0 Å².